The number of fused-ring (bicyclic) bond motifs is 1. The molecule has 0 aliphatic carbocycles. The van der Waals surface area contributed by atoms with Crippen LogP contribution < -0.4 is 5.32 Å². The quantitative estimate of drug-likeness (QED) is 0.762. The highest BCUT2D eigenvalue weighted by Crippen LogP contribution is 2.17. The zero-order chi connectivity index (χ0) is 16.4. The van der Waals surface area contributed by atoms with Crippen LogP contribution in [0.4, 0.5) is 0 Å². The molecule has 116 valence electrons. The number of pyridine rings is 1. The Bertz CT molecular complexity index is 901. The summed E-state index contributed by atoms with van der Waals surface area (Å²) in [6.07, 6.45) is 1.41. The monoisotopic (exact) mass is 310 g/mol. The lowest BCUT2D eigenvalue weighted by Gasteiger charge is -2.06. The highest BCUT2D eigenvalue weighted by atomic mass is 16.4. The molecule has 7 heteroatoms. The van der Waals surface area contributed by atoms with Crippen LogP contribution in [0.1, 0.15) is 16.1 Å². The number of carbonyl (C=O) groups is 2. The molecule has 0 unspecified atom stereocenters. The van der Waals surface area contributed by atoms with Crippen molar-refractivity contribution in [1.29, 1.82) is 0 Å². The first kappa shape index (κ1) is 14.7. The number of carboxylic acids is 1. The van der Waals surface area contributed by atoms with E-state index in [1.165, 1.54) is 6.20 Å². The number of carbonyl (C=O) groups excluding carboxylic acids is 1. The van der Waals surface area contributed by atoms with Crippen LogP contribution in [0.3, 0.4) is 0 Å². The Balaban J connectivity index is 1.94. The molecule has 0 spiro atoms. The van der Waals surface area contributed by atoms with Gasteiger partial charge in [0.25, 0.3) is 5.91 Å². The van der Waals surface area contributed by atoms with Crippen molar-refractivity contribution >= 4 is 22.8 Å². The maximum atomic E-state index is 12.0. The Morgan fingerprint density at radius 2 is 2.00 bits per heavy atom. The van der Waals surface area contributed by atoms with E-state index in [4.69, 9.17) is 5.11 Å². The van der Waals surface area contributed by atoms with Gasteiger partial charge < -0.3 is 10.4 Å². The molecule has 2 heterocycles. The molecule has 3 aromatic rings. The van der Waals surface area contributed by atoms with Crippen molar-refractivity contribution in [3.63, 3.8) is 0 Å². The average Bonchev–Trinajstić information content (AvgIpc) is 2.93. The van der Waals surface area contributed by atoms with Crippen LogP contribution in [0.25, 0.3) is 16.7 Å². The van der Waals surface area contributed by atoms with E-state index in [9.17, 15) is 9.59 Å². The van der Waals surface area contributed by atoms with E-state index in [-0.39, 0.29) is 0 Å². The minimum absolute atomic E-state index is 0.321. The second kappa shape index (κ2) is 5.88. The molecule has 0 atom stereocenters. The molecule has 2 aromatic heterocycles. The maximum absolute atomic E-state index is 12.0. The van der Waals surface area contributed by atoms with Gasteiger partial charge in [-0.1, -0.05) is 18.2 Å². The van der Waals surface area contributed by atoms with Crippen LogP contribution in [0.15, 0.2) is 42.6 Å². The summed E-state index contributed by atoms with van der Waals surface area (Å²) in [6.45, 7) is 1.30. The SMILES string of the molecule is Cc1c(C(=O)NCC(=O)O)cnn1-c1ccc2ccccc2n1. The number of rotatable bonds is 4. The zero-order valence-electron chi connectivity index (χ0n) is 12.4. The largest absolute Gasteiger partial charge is 0.480 e. The van der Waals surface area contributed by atoms with Crippen molar-refractivity contribution in [3.05, 3.63) is 53.9 Å². The third kappa shape index (κ3) is 2.89. The van der Waals surface area contributed by atoms with Gasteiger partial charge in [0.05, 0.1) is 23.0 Å². The number of hydrogen-bond donors (Lipinski definition) is 2. The third-order valence-corrected chi connectivity index (χ3v) is 3.46. The van der Waals surface area contributed by atoms with Crippen molar-refractivity contribution in [1.82, 2.24) is 20.1 Å². The van der Waals surface area contributed by atoms with Crippen molar-refractivity contribution in [2.24, 2.45) is 0 Å². The van der Waals surface area contributed by atoms with Gasteiger partial charge in [0.1, 0.15) is 6.54 Å². The van der Waals surface area contributed by atoms with E-state index in [0.717, 1.165) is 10.9 Å². The highest BCUT2D eigenvalue weighted by Gasteiger charge is 2.16. The van der Waals surface area contributed by atoms with Gasteiger partial charge in [0, 0.05) is 5.39 Å². The summed E-state index contributed by atoms with van der Waals surface area (Å²) in [5.41, 5.74) is 1.74. The number of hydrogen-bond acceptors (Lipinski definition) is 4. The van der Waals surface area contributed by atoms with Crippen molar-refractivity contribution < 1.29 is 14.7 Å². The number of amides is 1. The highest BCUT2D eigenvalue weighted by molar-refractivity contribution is 5.96. The number of nitrogens with one attached hydrogen (secondary N) is 1. The lowest BCUT2D eigenvalue weighted by Crippen LogP contribution is -2.29. The fourth-order valence-corrected chi connectivity index (χ4v) is 2.29. The Morgan fingerprint density at radius 3 is 2.78 bits per heavy atom. The van der Waals surface area contributed by atoms with Crippen molar-refractivity contribution in [3.8, 4) is 5.82 Å². The van der Waals surface area contributed by atoms with Crippen LogP contribution in [0.2, 0.25) is 0 Å². The van der Waals surface area contributed by atoms with E-state index in [1.807, 2.05) is 36.4 Å². The Morgan fingerprint density at radius 1 is 1.22 bits per heavy atom. The predicted octanol–water partition coefficient (Wildman–Crippen LogP) is 1.54. The summed E-state index contributed by atoms with van der Waals surface area (Å²) < 4.78 is 1.56. The topological polar surface area (TPSA) is 97.1 Å². The first-order chi connectivity index (χ1) is 11.1. The molecule has 0 radical (unpaired) electrons. The van der Waals surface area contributed by atoms with Crippen LogP contribution in [-0.2, 0) is 4.79 Å². The molecule has 23 heavy (non-hydrogen) atoms. The van der Waals surface area contributed by atoms with Crippen molar-refractivity contribution in [2.75, 3.05) is 6.54 Å². The van der Waals surface area contributed by atoms with E-state index in [1.54, 1.807) is 11.6 Å². The van der Waals surface area contributed by atoms with Crippen LogP contribution in [-0.4, -0.2) is 38.3 Å². The first-order valence-electron chi connectivity index (χ1n) is 6.97. The number of para-hydroxylation sites is 1. The van der Waals surface area contributed by atoms with E-state index >= 15 is 0 Å². The standard InChI is InChI=1S/C16H14N4O3/c1-10-12(16(23)17-9-15(21)22)8-18-20(10)14-7-6-11-4-2-3-5-13(11)19-14/h2-8H,9H2,1H3,(H,17,23)(H,21,22). The number of aliphatic carboxylic acids is 1. The first-order valence-corrected chi connectivity index (χ1v) is 6.97. The van der Waals surface area contributed by atoms with Gasteiger partial charge in [-0.2, -0.15) is 5.10 Å². The summed E-state index contributed by atoms with van der Waals surface area (Å²) >= 11 is 0. The van der Waals surface area contributed by atoms with Gasteiger partial charge in [-0.25, -0.2) is 9.67 Å². The lowest BCUT2D eigenvalue weighted by molar-refractivity contribution is -0.135. The summed E-state index contributed by atoms with van der Waals surface area (Å²) in [6, 6.07) is 11.5. The predicted molar refractivity (Wildman–Crippen MR) is 83.6 cm³/mol. The van der Waals surface area contributed by atoms with Gasteiger partial charge in [-0.05, 0) is 25.1 Å². The fraction of sp³-hybridized carbons (Fsp3) is 0.125. The molecule has 0 saturated carbocycles. The zero-order valence-corrected chi connectivity index (χ0v) is 12.4. The number of nitrogens with zero attached hydrogens (tertiary/aromatic N) is 3. The lowest BCUT2D eigenvalue weighted by atomic mass is 10.2. The minimum atomic E-state index is -1.10. The molecule has 0 fully saturated rings. The molecule has 1 amide bonds. The summed E-state index contributed by atoms with van der Waals surface area (Å²) in [5, 5.41) is 16.1. The second-order valence-electron chi connectivity index (χ2n) is 4.99. The van der Waals surface area contributed by atoms with Gasteiger partial charge in [0.2, 0.25) is 0 Å². The van der Waals surface area contributed by atoms with E-state index in [2.05, 4.69) is 15.4 Å². The molecule has 0 bridgehead atoms. The van der Waals surface area contributed by atoms with Crippen molar-refractivity contribution in [2.45, 2.75) is 6.92 Å². The molecule has 3 rings (SSSR count). The number of aromatic nitrogens is 3. The summed E-state index contributed by atoms with van der Waals surface area (Å²) in [7, 11) is 0. The van der Waals surface area contributed by atoms with E-state index in [0.29, 0.717) is 17.1 Å². The fourth-order valence-electron chi connectivity index (χ4n) is 2.29. The molecular weight excluding hydrogens is 296 g/mol. The van der Waals surface area contributed by atoms with Gasteiger partial charge >= 0.3 is 5.97 Å². The molecule has 0 aliphatic rings. The molecule has 2 N–H and O–H groups in total. The summed E-state index contributed by atoms with van der Waals surface area (Å²) in [4.78, 5) is 27.0. The Hall–Kier alpha value is -3.22. The molecule has 7 nitrogen and oxygen atoms in total. The summed E-state index contributed by atoms with van der Waals surface area (Å²) in [5.74, 6) is -0.977. The second-order valence-corrected chi connectivity index (χ2v) is 4.99. The average molecular weight is 310 g/mol. The smallest absolute Gasteiger partial charge is 0.322 e. The van der Waals surface area contributed by atoms with Crippen LogP contribution in [0, 0.1) is 6.92 Å². The number of carboxylic acid groups (broad SMARTS) is 1. The maximum Gasteiger partial charge on any atom is 0.322 e. The normalized spacial score (nSPS) is 10.7. The third-order valence-electron chi connectivity index (χ3n) is 3.46. The molecule has 1 aromatic carbocycles. The molecule has 0 aliphatic heterocycles. The number of benzene rings is 1. The molecule has 0 saturated heterocycles. The minimum Gasteiger partial charge on any atom is -0.480 e. The van der Waals surface area contributed by atoms with Crippen LogP contribution in [0.5, 0.6) is 0 Å². The van der Waals surface area contributed by atoms with Crippen LogP contribution >= 0.6 is 0 Å². The van der Waals surface area contributed by atoms with Gasteiger partial charge in [-0.15, -0.1) is 0 Å². The van der Waals surface area contributed by atoms with Gasteiger partial charge in [0.15, 0.2) is 5.82 Å². The Kier molecular flexibility index (Phi) is 3.76. The van der Waals surface area contributed by atoms with E-state index < -0.39 is 18.4 Å². The van der Waals surface area contributed by atoms with Gasteiger partial charge in [-0.3, -0.25) is 9.59 Å². The molecular formula is C16H14N4O3. The Labute approximate surface area is 131 Å².